The monoisotopic (exact) mass is 296 g/mol. The van der Waals surface area contributed by atoms with Crippen LogP contribution in [0.5, 0.6) is 0 Å². The molecule has 3 aromatic rings. The van der Waals surface area contributed by atoms with Gasteiger partial charge >= 0.3 is 0 Å². The lowest BCUT2D eigenvalue weighted by Crippen LogP contribution is -2.51. The molecule has 0 spiro atoms. The molecule has 3 rings (SSSR count). The lowest BCUT2D eigenvalue weighted by Gasteiger charge is -2.18. The summed E-state index contributed by atoms with van der Waals surface area (Å²) in [5, 5.41) is 4.35. The minimum Gasteiger partial charge on any atom is -0.158 e. The molecular weight excluding hydrogens is 279 g/mol. The van der Waals surface area contributed by atoms with Gasteiger partial charge in [-0.15, -0.1) is 0 Å². The molecule has 0 saturated heterocycles. The smallest absolute Gasteiger partial charge is 0.158 e. The number of hydrogen-bond donors (Lipinski definition) is 0. The van der Waals surface area contributed by atoms with Gasteiger partial charge in [-0.1, -0.05) is 58.6 Å². The van der Waals surface area contributed by atoms with Crippen LogP contribution in [-0.2, 0) is 0 Å². The summed E-state index contributed by atoms with van der Waals surface area (Å²) >= 11 is 3.70. The Balaban J connectivity index is 2.21. The first kappa shape index (κ1) is 13.7. The molecule has 0 aliphatic carbocycles. The van der Waals surface area contributed by atoms with Crippen LogP contribution in [-0.4, -0.2) is 6.71 Å². The van der Waals surface area contributed by atoms with E-state index in [1.54, 1.807) is 0 Å². The van der Waals surface area contributed by atoms with Gasteiger partial charge in [0.05, 0.1) is 0 Å². The van der Waals surface area contributed by atoms with E-state index < -0.39 is 0 Å². The first-order chi connectivity index (χ1) is 9.66. The van der Waals surface area contributed by atoms with Crippen molar-refractivity contribution >= 4 is 44.4 Å². The molecule has 0 fully saturated rings. The molecule has 100 valence electrons. The van der Waals surface area contributed by atoms with Crippen molar-refractivity contribution in [1.29, 1.82) is 0 Å². The molecule has 0 N–H and O–H groups in total. The molecule has 0 radical (unpaired) electrons. The van der Waals surface area contributed by atoms with Crippen molar-refractivity contribution in [3.63, 3.8) is 0 Å². The maximum Gasteiger partial charge on any atom is 0.266 e. The van der Waals surface area contributed by atoms with E-state index in [1.165, 1.54) is 31.7 Å². The number of hydrogen-bond acceptors (Lipinski definition) is 2. The second-order valence-electron chi connectivity index (χ2n) is 5.28. The van der Waals surface area contributed by atoms with E-state index in [-0.39, 0.29) is 0 Å². The third kappa shape index (κ3) is 2.48. The van der Waals surface area contributed by atoms with Crippen LogP contribution in [0.3, 0.4) is 0 Å². The van der Waals surface area contributed by atoms with Gasteiger partial charge in [-0.25, -0.2) is 0 Å². The van der Waals surface area contributed by atoms with Crippen molar-refractivity contribution in [2.75, 3.05) is 0 Å². The Morgan fingerprint density at radius 2 is 1.30 bits per heavy atom. The molecule has 0 atom stereocenters. The van der Waals surface area contributed by atoms with Crippen molar-refractivity contribution in [2.45, 2.75) is 20.8 Å². The summed E-state index contributed by atoms with van der Waals surface area (Å²) in [5.41, 5.74) is 5.61. The fourth-order valence-corrected chi connectivity index (χ4v) is 4.76. The highest BCUT2D eigenvalue weighted by Crippen LogP contribution is 2.11. The van der Waals surface area contributed by atoms with E-state index in [1.807, 2.05) is 22.7 Å². The van der Waals surface area contributed by atoms with Gasteiger partial charge in [0, 0.05) is 0 Å². The Labute approximate surface area is 129 Å². The van der Waals surface area contributed by atoms with Crippen LogP contribution in [0, 0.1) is 20.8 Å². The summed E-state index contributed by atoms with van der Waals surface area (Å²) in [4.78, 5) is 0. The Morgan fingerprint density at radius 1 is 0.800 bits per heavy atom. The fourth-order valence-electron chi connectivity index (χ4n) is 2.98. The van der Waals surface area contributed by atoms with Gasteiger partial charge in [0.2, 0.25) is 0 Å². The van der Waals surface area contributed by atoms with Crippen LogP contribution in [0.15, 0.2) is 47.2 Å². The van der Waals surface area contributed by atoms with Crippen molar-refractivity contribution in [1.82, 2.24) is 0 Å². The highest BCUT2D eigenvalue weighted by atomic mass is 32.1. The minimum absolute atomic E-state index is 0.385. The average molecular weight is 296 g/mol. The van der Waals surface area contributed by atoms with Crippen molar-refractivity contribution in [3.05, 3.63) is 63.8 Å². The van der Waals surface area contributed by atoms with Gasteiger partial charge < -0.3 is 0 Å². The predicted molar refractivity (Wildman–Crippen MR) is 93.9 cm³/mol. The highest BCUT2D eigenvalue weighted by molar-refractivity contribution is 7.33. The summed E-state index contributed by atoms with van der Waals surface area (Å²) in [5.74, 6) is 0. The lowest BCUT2D eigenvalue weighted by atomic mass is 9.41. The lowest BCUT2D eigenvalue weighted by molar-refractivity contribution is 1.35. The number of benzene rings is 1. The molecule has 0 saturated carbocycles. The fraction of sp³-hybridized carbons (Fsp3) is 0.176. The standard InChI is InChI=1S/C17H17BS2/c1-12-10-13(2)17(14(3)11-12)18(15-6-4-8-19-15)16-7-5-9-20-16/h4-11H,1-3H3. The molecule has 0 bridgehead atoms. The van der Waals surface area contributed by atoms with Crippen LogP contribution in [0.25, 0.3) is 0 Å². The molecule has 3 heteroatoms. The zero-order valence-corrected chi connectivity index (χ0v) is 13.6. The molecule has 0 unspecified atom stereocenters. The van der Waals surface area contributed by atoms with E-state index in [0.717, 1.165) is 0 Å². The van der Waals surface area contributed by atoms with E-state index in [9.17, 15) is 0 Å². The molecule has 0 aliphatic heterocycles. The molecule has 2 heterocycles. The van der Waals surface area contributed by atoms with Gasteiger partial charge in [0.1, 0.15) is 0 Å². The second kappa shape index (κ2) is 5.59. The van der Waals surface area contributed by atoms with Crippen LogP contribution in [0.4, 0.5) is 0 Å². The molecular formula is C17H17BS2. The van der Waals surface area contributed by atoms with E-state index in [2.05, 4.69) is 67.9 Å². The molecule has 20 heavy (non-hydrogen) atoms. The Bertz CT molecular complexity index is 639. The zero-order valence-electron chi connectivity index (χ0n) is 12.0. The maximum absolute atomic E-state index is 2.30. The van der Waals surface area contributed by atoms with Crippen LogP contribution in [0.1, 0.15) is 16.7 Å². The number of rotatable bonds is 3. The van der Waals surface area contributed by atoms with Gasteiger partial charge in [0.15, 0.2) is 0 Å². The summed E-state index contributed by atoms with van der Waals surface area (Å²) < 4.78 is 2.87. The summed E-state index contributed by atoms with van der Waals surface area (Å²) in [6, 6.07) is 13.4. The first-order valence-corrected chi connectivity index (χ1v) is 8.57. The van der Waals surface area contributed by atoms with Crippen molar-refractivity contribution < 1.29 is 0 Å². The first-order valence-electron chi connectivity index (χ1n) is 6.81. The Morgan fingerprint density at radius 3 is 1.70 bits per heavy atom. The van der Waals surface area contributed by atoms with E-state index in [0.29, 0.717) is 6.71 Å². The van der Waals surface area contributed by atoms with Gasteiger partial charge in [-0.05, 0) is 41.1 Å². The topological polar surface area (TPSA) is 0 Å². The molecule has 2 aromatic heterocycles. The molecule has 1 aromatic carbocycles. The van der Waals surface area contributed by atoms with Crippen LogP contribution < -0.4 is 15.0 Å². The largest absolute Gasteiger partial charge is 0.266 e. The van der Waals surface area contributed by atoms with Gasteiger partial charge in [-0.3, -0.25) is 0 Å². The summed E-state index contributed by atoms with van der Waals surface area (Å²) in [7, 11) is 0. The summed E-state index contributed by atoms with van der Waals surface area (Å²) in [6.07, 6.45) is 0. The second-order valence-corrected chi connectivity index (χ2v) is 7.23. The zero-order chi connectivity index (χ0) is 14.1. The van der Waals surface area contributed by atoms with Crippen molar-refractivity contribution in [2.24, 2.45) is 0 Å². The van der Waals surface area contributed by atoms with Crippen molar-refractivity contribution in [3.8, 4) is 0 Å². The third-order valence-corrected chi connectivity index (χ3v) is 5.56. The van der Waals surface area contributed by atoms with E-state index in [4.69, 9.17) is 0 Å². The molecule has 0 amide bonds. The normalized spacial score (nSPS) is 10.8. The van der Waals surface area contributed by atoms with Crippen LogP contribution in [0.2, 0.25) is 0 Å². The number of aryl methyl sites for hydroxylation is 3. The van der Waals surface area contributed by atoms with Gasteiger partial charge in [0.25, 0.3) is 6.71 Å². The van der Waals surface area contributed by atoms with Crippen LogP contribution >= 0.6 is 22.7 Å². The number of thiophene rings is 2. The predicted octanol–water partition coefficient (Wildman–Crippen LogP) is 3.25. The summed E-state index contributed by atoms with van der Waals surface area (Å²) in [6.45, 7) is 7.04. The third-order valence-electron chi connectivity index (χ3n) is 3.68. The van der Waals surface area contributed by atoms with Gasteiger partial charge in [-0.2, -0.15) is 22.7 Å². The Kier molecular flexibility index (Phi) is 3.82. The SMILES string of the molecule is Cc1cc(C)c(B(c2cccs2)c2cccs2)c(C)c1. The average Bonchev–Trinajstić information content (AvgIpc) is 3.07. The minimum atomic E-state index is 0.385. The molecule has 0 aliphatic rings. The highest BCUT2D eigenvalue weighted by Gasteiger charge is 2.26. The quantitative estimate of drug-likeness (QED) is 0.651. The van der Waals surface area contributed by atoms with E-state index >= 15 is 0 Å². The molecule has 0 nitrogen and oxygen atoms in total. The maximum atomic E-state index is 2.30. The Hall–Kier alpha value is -1.32.